The van der Waals surface area contributed by atoms with Gasteiger partial charge in [0.2, 0.25) is 0 Å². The monoisotopic (exact) mass is 215 g/mol. The maximum Gasteiger partial charge on any atom is 0.335 e. The van der Waals surface area contributed by atoms with Crippen LogP contribution in [0, 0.1) is 0 Å². The summed E-state index contributed by atoms with van der Waals surface area (Å²) >= 11 is 5.86. The smallest absolute Gasteiger partial charge is 0.335 e. The second kappa shape index (κ2) is 6.38. The third-order valence-electron chi connectivity index (χ3n) is 1.45. The van der Waals surface area contributed by atoms with E-state index in [9.17, 15) is 4.79 Å². The molecule has 0 saturated heterocycles. The fourth-order valence-corrected chi connectivity index (χ4v) is 0.884. The number of hydrogen-bond acceptors (Lipinski definition) is 3. The van der Waals surface area contributed by atoms with Crippen molar-refractivity contribution in [3.05, 3.63) is 22.9 Å². The molecule has 0 aliphatic rings. The molecule has 14 heavy (non-hydrogen) atoms. The molecule has 78 valence electrons. The second-order valence-corrected chi connectivity index (χ2v) is 2.87. The number of aliphatic imine (C=N–C) groups is 1. The minimum Gasteiger partial charge on any atom is -0.463 e. The lowest BCUT2D eigenvalue weighted by atomic mass is 10.2. The molecule has 0 aromatic carbocycles. The summed E-state index contributed by atoms with van der Waals surface area (Å²) in [7, 11) is 0. The van der Waals surface area contributed by atoms with Crippen LogP contribution in [0.3, 0.4) is 0 Å². The van der Waals surface area contributed by atoms with Crippen molar-refractivity contribution in [2.45, 2.75) is 20.8 Å². The molecule has 0 atom stereocenters. The predicted octanol–water partition coefficient (Wildman–Crippen LogP) is 2.67. The van der Waals surface area contributed by atoms with Gasteiger partial charge in [-0.2, -0.15) is 0 Å². The Hall–Kier alpha value is -1.09. The highest BCUT2D eigenvalue weighted by atomic mass is 35.5. The molecule has 0 N–H and O–H groups in total. The molecule has 4 heteroatoms. The van der Waals surface area contributed by atoms with Crippen molar-refractivity contribution >= 4 is 23.8 Å². The van der Waals surface area contributed by atoms with Gasteiger partial charge in [-0.1, -0.05) is 18.2 Å². The lowest BCUT2D eigenvalue weighted by molar-refractivity contribution is -0.138. The lowest BCUT2D eigenvalue weighted by Crippen LogP contribution is -2.06. The highest BCUT2D eigenvalue weighted by molar-refractivity contribution is 6.34. The number of carbonyl (C=O) groups is 1. The summed E-state index contributed by atoms with van der Waals surface area (Å²) in [6, 6.07) is 0. The zero-order valence-electron chi connectivity index (χ0n) is 8.63. The van der Waals surface area contributed by atoms with Crippen LogP contribution in [0.5, 0.6) is 0 Å². The summed E-state index contributed by atoms with van der Waals surface area (Å²) in [5.74, 6) is -0.440. The van der Waals surface area contributed by atoms with E-state index in [4.69, 9.17) is 16.3 Å². The van der Waals surface area contributed by atoms with E-state index in [1.54, 1.807) is 27.0 Å². The van der Waals surface area contributed by atoms with Crippen molar-refractivity contribution in [2.75, 3.05) is 6.61 Å². The zero-order chi connectivity index (χ0) is 11.1. The van der Waals surface area contributed by atoms with E-state index in [-0.39, 0.29) is 5.03 Å². The summed E-state index contributed by atoms with van der Waals surface area (Å²) in [5, 5.41) is 0.238. The van der Waals surface area contributed by atoms with Gasteiger partial charge in [-0.05, 0) is 20.8 Å². The van der Waals surface area contributed by atoms with E-state index >= 15 is 0 Å². The normalized spacial score (nSPS) is 12.6. The van der Waals surface area contributed by atoms with Gasteiger partial charge in [0.15, 0.2) is 0 Å². The molecule has 0 aliphatic heterocycles. The summed E-state index contributed by atoms with van der Waals surface area (Å²) < 4.78 is 4.78. The molecule has 0 saturated carbocycles. The van der Waals surface area contributed by atoms with Crippen molar-refractivity contribution in [3.8, 4) is 0 Å². The number of hydrogen-bond donors (Lipinski definition) is 0. The van der Waals surface area contributed by atoms with Gasteiger partial charge in [-0.15, -0.1) is 0 Å². The van der Waals surface area contributed by atoms with Gasteiger partial charge in [0.1, 0.15) is 0 Å². The van der Waals surface area contributed by atoms with Gasteiger partial charge >= 0.3 is 5.97 Å². The van der Waals surface area contributed by atoms with Crippen LogP contribution in [0.2, 0.25) is 0 Å². The molecule has 0 heterocycles. The first-order chi connectivity index (χ1) is 6.54. The van der Waals surface area contributed by atoms with E-state index in [0.717, 1.165) is 0 Å². The quantitative estimate of drug-likeness (QED) is 0.313. The van der Waals surface area contributed by atoms with Crippen LogP contribution in [0.25, 0.3) is 0 Å². The molecule has 0 rings (SSSR count). The lowest BCUT2D eigenvalue weighted by Gasteiger charge is -2.04. The first-order valence-electron chi connectivity index (χ1n) is 4.26. The van der Waals surface area contributed by atoms with Crippen molar-refractivity contribution in [3.63, 3.8) is 0 Å². The SMILES string of the molecule is C=C(N=CC)/C(Cl)=C(\C)C(=O)OCC. The Morgan fingerprint density at radius 3 is 2.64 bits per heavy atom. The Kier molecular flexibility index (Phi) is 5.88. The number of allylic oxidation sites excluding steroid dienone is 1. The Balaban J connectivity index is 4.74. The molecule has 0 bridgehead atoms. The summed E-state index contributed by atoms with van der Waals surface area (Å²) in [5.41, 5.74) is 0.684. The number of halogens is 1. The van der Waals surface area contributed by atoms with Crippen molar-refractivity contribution in [1.29, 1.82) is 0 Å². The molecular weight excluding hydrogens is 202 g/mol. The summed E-state index contributed by atoms with van der Waals surface area (Å²) in [6.07, 6.45) is 1.56. The van der Waals surface area contributed by atoms with Crippen molar-refractivity contribution in [1.82, 2.24) is 0 Å². The zero-order valence-corrected chi connectivity index (χ0v) is 9.39. The summed E-state index contributed by atoms with van der Waals surface area (Å²) in [6.45, 7) is 9.00. The third-order valence-corrected chi connectivity index (χ3v) is 1.95. The second-order valence-electron chi connectivity index (χ2n) is 2.49. The van der Waals surface area contributed by atoms with E-state index in [1.807, 2.05) is 0 Å². The molecule has 0 amide bonds. The summed E-state index contributed by atoms with van der Waals surface area (Å²) in [4.78, 5) is 15.1. The molecule has 0 aliphatic carbocycles. The first kappa shape index (κ1) is 12.9. The van der Waals surface area contributed by atoms with Crippen LogP contribution in [-0.4, -0.2) is 18.8 Å². The molecule has 0 aromatic heterocycles. The van der Waals surface area contributed by atoms with E-state index in [2.05, 4.69) is 11.6 Å². The Bertz CT molecular complexity index is 292. The maximum absolute atomic E-state index is 11.2. The molecule has 3 nitrogen and oxygen atoms in total. The van der Waals surface area contributed by atoms with E-state index in [1.165, 1.54) is 0 Å². The van der Waals surface area contributed by atoms with E-state index in [0.29, 0.717) is 17.9 Å². The van der Waals surface area contributed by atoms with Gasteiger partial charge in [0.25, 0.3) is 0 Å². The number of esters is 1. The van der Waals surface area contributed by atoms with Crippen molar-refractivity contribution in [2.24, 2.45) is 4.99 Å². The first-order valence-corrected chi connectivity index (χ1v) is 4.63. The average Bonchev–Trinajstić information content (AvgIpc) is 2.16. The minimum absolute atomic E-state index is 0.238. The maximum atomic E-state index is 11.2. The molecule has 0 radical (unpaired) electrons. The molecule has 0 fully saturated rings. The highest BCUT2D eigenvalue weighted by Gasteiger charge is 2.11. The van der Waals surface area contributed by atoms with Gasteiger partial charge in [0.05, 0.1) is 22.9 Å². The van der Waals surface area contributed by atoms with Gasteiger partial charge < -0.3 is 4.74 Å². The third kappa shape index (κ3) is 3.75. The number of nitrogens with zero attached hydrogens (tertiary/aromatic N) is 1. The highest BCUT2D eigenvalue weighted by Crippen LogP contribution is 2.19. The van der Waals surface area contributed by atoms with E-state index < -0.39 is 5.97 Å². The molecule has 0 spiro atoms. The van der Waals surface area contributed by atoms with Crippen LogP contribution in [0.4, 0.5) is 0 Å². The minimum atomic E-state index is -0.440. The predicted molar refractivity (Wildman–Crippen MR) is 58.5 cm³/mol. The number of rotatable bonds is 4. The largest absolute Gasteiger partial charge is 0.463 e. The van der Waals surface area contributed by atoms with Crippen LogP contribution in [0.15, 0.2) is 27.9 Å². The Morgan fingerprint density at radius 2 is 2.21 bits per heavy atom. The van der Waals surface area contributed by atoms with Crippen LogP contribution < -0.4 is 0 Å². The number of ether oxygens (including phenoxy) is 1. The van der Waals surface area contributed by atoms with Gasteiger partial charge in [-0.25, -0.2) is 4.79 Å². The molecule has 0 aromatic rings. The van der Waals surface area contributed by atoms with Crippen molar-refractivity contribution < 1.29 is 9.53 Å². The Morgan fingerprint density at radius 1 is 1.64 bits per heavy atom. The fourth-order valence-electron chi connectivity index (χ4n) is 0.758. The average molecular weight is 216 g/mol. The topological polar surface area (TPSA) is 38.7 Å². The van der Waals surface area contributed by atoms with Gasteiger partial charge in [0, 0.05) is 6.21 Å². The van der Waals surface area contributed by atoms with Crippen LogP contribution in [-0.2, 0) is 9.53 Å². The molecule has 0 unspecified atom stereocenters. The number of carbonyl (C=O) groups excluding carboxylic acids is 1. The fraction of sp³-hybridized carbons (Fsp3) is 0.400. The van der Waals surface area contributed by atoms with Crippen LogP contribution >= 0.6 is 11.6 Å². The molecular formula is C10H14ClNO2. The van der Waals surface area contributed by atoms with Crippen LogP contribution in [0.1, 0.15) is 20.8 Å². The van der Waals surface area contributed by atoms with Gasteiger partial charge in [-0.3, -0.25) is 4.99 Å². The standard InChI is InChI=1S/C10H14ClNO2/c1-5-12-8(4)9(11)7(3)10(13)14-6-2/h5H,4,6H2,1-3H3/b9-7-,12-5?. The Labute approximate surface area is 89.1 Å².